The van der Waals surface area contributed by atoms with Gasteiger partial charge in [-0.1, -0.05) is 6.42 Å². The number of nitrogens with zero attached hydrogens (tertiary/aromatic N) is 4. The van der Waals surface area contributed by atoms with Crippen molar-refractivity contribution in [1.29, 1.82) is 0 Å². The highest BCUT2D eigenvalue weighted by Gasteiger charge is 2.21. The lowest BCUT2D eigenvalue weighted by Gasteiger charge is -2.21. The Morgan fingerprint density at radius 2 is 1.96 bits per heavy atom. The molecule has 0 saturated carbocycles. The molecule has 0 bridgehead atoms. The molecule has 1 fully saturated rings. The second-order valence-corrected chi connectivity index (χ2v) is 5.78. The average molecular weight is 309 g/mol. The summed E-state index contributed by atoms with van der Waals surface area (Å²) >= 11 is 0. The summed E-state index contributed by atoms with van der Waals surface area (Å²) in [6.07, 6.45) is 3.51. The minimum absolute atomic E-state index is 0.234. The van der Waals surface area contributed by atoms with Crippen LogP contribution in [0.1, 0.15) is 31.1 Å². The van der Waals surface area contributed by atoms with Crippen LogP contribution in [0.25, 0.3) is 16.9 Å². The van der Waals surface area contributed by atoms with Crippen molar-refractivity contribution in [3.63, 3.8) is 0 Å². The van der Waals surface area contributed by atoms with Crippen LogP contribution >= 0.6 is 0 Å². The van der Waals surface area contributed by atoms with Crippen molar-refractivity contribution >= 4 is 5.65 Å². The van der Waals surface area contributed by atoms with Gasteiger partial charge in [0.2, 0.25) is 0 Å². The lowest BCUT2D eigenvalue weighted by Crippen LogP contribution is -2.28. The molecule has 1 N–H and O–H groups in total. The predicted molar refractivity (Wildman–Crippen MR) is 87.4 cm³/mol. The van der Waals surface area contributed by atoms with E-state index in [0.717, 1.165) is 41.4 Å². The maximum Gasteiger partial charge on any atom is 0.178 e. The molecule has 1 saturated heterocycles. The second-order valence-electron chi connectivity index (χ2n) is 5.78. The third-order valence-electron chi connectivity index (χ3n) is 4.29. The first-order valence-corrected chi connectivity index (χ1v) is 7.95. The monoisotopic (exact) mass is 309 g/mol. The highest BCUT2D eigenvalue weighted by atomic mass is 16.5. The maximum atomic E-state index is 5.21. The Morgan fingerprint density at radius 3 is 2.70 bits per heavy atom. The molecule has 118 valence electrons. The van der Waals surface area contributed by atoms with E-state index in [9.17, 15) is 0 Å². The number of fused-ring (bicyclic) bond motifs is 1. The molecular formula is C17H19N5O. The van der Waals surface area contributed by atoms with Gasteiger partial charge in [0.25, 0.3) is 0 Å². The molecule has 3 heterocycles. The zero-order valence-electron chi connectivity index (χ0n) is 13.1. The van der Waals surface area contributed by atoms with Crippen LogP contribution in [0.4, 0.5) is 0 Å². The average Bonchev–Trinajstić information content (AvgIpc) is 3.05. The van der Waals surface area contributed by atoms with Gasteiger partial charge in [-0.3, -0.25) is 0 Å². The fourth-order valence-corrected chi connectivity index (χ4v) is 3.01. The molecule has 2 aromatic heterocycles. The topological polar surface area (TPSA) is 64.3 Å². The largest absolute Gasteiger partial charge is 0.497 e. The van der Waals surface area contributed by atoms with Crippen LogP contribution in [-0.4, -0.2) is 33.5 Å². The molecule has 1 unspecified atom stereocenters. The zero-order chi connectivity index (χ0) is 15.6. The van der Waals surface area contributed by atoms with E-state index >= 15 is 0 Å². The first-order chi connectivity index (χ1) is 11.3. The van der Waals surface area contributed by atoms with Crippen molar-refractivity contribution in [2.45, 2.75) is 25.3 Å². The molecule has 1 atom stereocenters. The summed E-state index contributed by atoms with van der Waals surface area (Å²) < 4.78 is 7.07. The molecule has 3 aromatic rings. The van der Waals surface area contributed by atoms with Crippen LogP contribution in [-0.2, 0) is 0 Å². The molecule has 0 spiro atoms. The number of aromatic nitrogens is 4. The number of ether oxygens (including phenoxy) is 1. The number of hydrogen-bond donors (Lipinski definition) is 1. The van der Waals surface area contributed by atoms with E-state index in [1.807, 2.05) is 40.9 Å². The van der Waals surface area contributed by atoms with Gasteiger partial charge in [0, 0.05) is 5.56 Å². The summed E-state index contributed by atoms with van der Waals surface area (Å²) in [4.78, 5) is 0. The van der Waals surface area contributed by atoms with Crippen LogP contribution < -0.4 is 10.1 Å². The van der Waals surface area contributed by atoms with Gasteiger partial charge in [-0.2, -0.15) is 9.61 Å². The van der Waals surface area contributed by atoms with E-state index in [-0.39, 0.29) is 6.04 Å². The van der Waals surface area contributed by atoms with Crippen LogP contribution in [0, 0.1) is 0 Å². The van der Waals surface area contributed by atoms with Gasteiger partial charge in [-0.15, -0.1) is 10.2 Å². The van der Waals surface area contributed by atoms with Gasteiger partial charge in [-0.25, -0.2) is 0 Å². The summed E-state index contributed by atoms with van der Waals surface area (Å²) in [5.41, 5.74) is 2.73. The van der Waals surface area contributed by atoms with Gasteiger partial charge in [-0.05, 0) is 55.8 Å². The lowest BCUT2D eigenvalue weighted by molar-refractivity contribution is 0.392. The van der Waals surface area contributed by atoms with Gasteiger partial charge in [0.15, 0.2) is 11.5 Å². The summed E-state index contributed by atoms with van der Waals surface area (Å²) in [7, 11) is 1.67. The predicted octanol–water partition coefficient (Wildman–Crippen LogP) is 2.61. The molecule has 1 aromatic carbocycles. The minimum atomic E-state index is 0.234. The van der Waals surface area contributed by atoms with Crippen LogP contribution in [0.2, 0.25) is 0 Å². The maximum absolute atomic E-state index is 5.21. The Balaban J connectivity index is 1.73. The first kappa shape index (κ1) is 14.1. The van der Waals surface area contributed by atoms with E-state index < -0.39 is 0 Å². The third-order valence-corrected chi connectivity index (χ3v) is 4.29. The van der Waals surface area contributed by atoms with Crippen molar-refractivity contribution in [3.05, 3.63) is 42.2 Å². The Bertz CT molecular complexity index is 805. The highest BCUT2D eigenvalue weighted by molar-refractivity contribution is 5.61. The fourth-order valence-electron chi connectivity index (χ4n) is 3.01. The molecule has 0 aliphatic carbocycles. The molecule has 1 aliphatic heterocycles. The Hall–Kier alpha value is -2.47. The summed E-state index contributed by atoms with van der Waals surface area (Å²) in [6.45, 7) is 1.03. The van der Waals surface area contributed by atoms with Crippen LogP contribution in [0.5, 0.6) is 5.75 Å². The van der Waals surface area contributed by atoms with Gasteiger partial charge in [0.1, 0.15) is 5.75 Å². The smallest absolute Gasteiger partial charge is 0.178 e. The number of methoxy groups -OCH3 is 1. The summed E-state index contributed by atoms with van der Waals surface area (Å²) in [6, 6.07) is 12.1. The van der Waals surface area contributed by atoms with Crippen molar-refractivity contribution in [3.8, 4) is 17.0 Å². The van der Waals surface area contributed by atoms with E-state index in [2.05, 4.69) is 15.5 Å². The number of piperidine rings is 1. The Labute approximate surface area is 134 Å². The molecular weight excluding hydrogens is 290 g/mol. The molecule has 6 heteroatoms. The molecule has 23 heavy (non-hydrogen) atoms. The summed E-state index contributed by atoms with van der Waals surface area (Å²) in [5, 5.41) is 16.9. The highest BCUT2D eigenvalue weighted by Crippen LogP contribution is 2.24. The number of rotatable bonds is 3. The van der Waals surface area contributed by atoms with Crippen molar-refractivity contribution in [2.75, 3.05) is 13.7 Å². The van der Waals surface area contributed by atoms with Crippen LogP contribution in [0.3, 0.4) is 0 Å². The van der Waals surface area contributed by atoms with Gasteiger partial charge >= 0.3 is 0 Å². The molecule has 0 amide bonds. The van der Waals surface area contributed by atoms with Crippen LogP contribution in [0.15, 0.2) is 36.4 Å². The van der Waals surface area contributed by atoms with E-state index in [1.165, 1.54) is 12.8 Å². The SMILES string of the molecule is COc1ccc(-c2ccc3nnc(C4CCCCN4)n3n2)cc1. The number of benzene rings is 1. The van der Waals surface area contributed by atoms with Crippen molar-refractivity contribution < 1.29 is 4.74 Å². The normalized spacial score (nSPS) is 18.2. The molecule has 6 nitrogen and oxygen atoms in total. The first-order valence-electron chi connectivity index (χ1n) is 7.95. The second kappa shape index (κ2) is 5.96. The van der Waals surface area contributed by atoms with E-state index in [4.69, 9.17) is 9.84 Å². The lowest BCUT2D eigenvalue weighted by atomic mass is 10.0. The van der Waals surface area contributed by atoms with Crippen molar-refractivity contribution in [1.82, 2.24) is 25.1 Å². The molecule has 4 rings (SSSR count). The Kier molecular flexibility index (Phi) is 3.67. The third kappa shape index (κ3) is 2.66. The fraction of sp³-hybridized carbons (Fsp3) is 0.353. The minimum Gasteiger partial charge on any atom is -0.497 e. The zero-order valence-corrected chi connectivity index (χ0v) is 13.1. The van der Waals surface area contributed by atoms with Gasteiger partial charge < -0.3 is 10.1 Å². The number of nitrogens with one attached hydrogen (secondary N) is 1. The molecule has 1 aliphatic rings. The van der Waals surface area contributed by atoms with Crippen molar-refractivity contribution in [2.24, 2.45) is 0 Å². The number of hydrogen-bond acceptors (Lipinski definition) is 5. The van der Waals surface area contributed by atoms with E-state index in [0.29, 0.717) is 0 Å². The summed E-state index contributed by atoms with van der Waals surface area (Å²) in [5.74, 6) is 1.74. The van der Waals surface area contributed by atoms with Gasteiger partial charge in [0.05, 0.1) is 18.8 Å². The quantitative estimate of drug-likeness (QED) is 0.805. The Morgan fingerprint density at radius 1 is 1.09 bits per heavy atom. The van der Waals surface area contributed by atoms with E-state index in [1.54, 1.807) is 7.11 Å². The standard InChI is InChI=1S/C17H19N5O/c1-23-13-7-5-12(6-8-13)14-9-10-16-19-20-17(22(16)21-14)15-4-2-3-11-18-15/h5-10,15,18H,2-4,11H2,1H3. The molecule has 0 radical (unpaired) electrons.